The number of nitrogens with one attached hydrogen (secondary N) is 1. The van der Waals surface area contributed by atoms with Crippen LogP contribution in [0.3, 0.4) is 0 Å². The van der Waals surface area contributed by atoms with Crippen molar-refractivity contribution in [1.82, 2.24) is 9.97 Å². The monoisotopic (exact) mass is 218 g/mol. The van der Waals surface area contributed by atoms with Crippen LogP contribution in [0.4, 0.5) is 4.39 Å². The zero-order valence-electron chi connectivity index (χ0n) is 8.83. The third kappa shape index (κ3) is 2.16. The summed E-state index contributed by atoms with van der Waals surface area (Å²) in [7, 11) is 0. The van der Waals surface area contributed by atoms with E-state index in [4.69, 9.17) is 0 Å². The normalized spacial score (nSPS) is 10.4. The van der Waals surface area contributed by atoms with Crippen LogP contribution in [0.5, 0.6) is 0 Å². The van der Waals surface area contributed by atoms with Crippen molar-refractivity contribution in [1.29, 1.82) is 0 Å². The summed E-state index contributed by atoms with van der Waals surface area (Å²) in [4.78, 5) is 17.1. The molecular weight excluding hydrogens is 207 g/mol. The summed E-state index contributed by atoms with van der Waals surface area (Å²) >= 11 is 0. The van der Waals surface area contributed by atoms with Crippen LogP contribution in [-0.4, -0.2) is 9.97 Å². The molecule has 0 saturated heterocycles. The number of halogens is 1. The van der Waals surface area contributed by atoms with Crippen LogP contribution in [0.25, 0.3) is 0 Å². The topological polar surface area (TPSA) is 45.8 Å². The van der Waals surface area contributed by atoms with E-state index in [0.717, 1.165) is 11.1 Å². The Morgan fingerprint density at radius 1 is 1.44 bits per heavy atom. The largest absolute Gasteiger partial charge is 0.311 e. The molecule has 0 radical (unpaired) electrons. The number of nitrogens with zero attached hydrogens (tertiary/aromatic N) is 1. The fourth-order valence-corrected chi connectivity index (χ4v) is 1.56. The number of aryl methyl sites for hydroxylation is 1. The van der Waals surface area contributed by atoms with Crippen LogP contribution in [0, 0.1) is 12.7 Å². The summed E-state index contributed by atoms with van der Waals surface area (Å²) in [5, 5.41) is 0. The average molecular weight is 218 g/mol. The van der Waals surface area contributed by atoms with E-state index < -0.39 is 11.4 Å². The highest BCUT2D eigenvalue weighted by molar-refractivity contribution is 5.26. The first-order valence-electron chi connectivity index (χ1n) is 4.94. The van der Waals surface area contributed by atoms with Crippen molar-refractivity contribution in [2.24, 2.45) is 0 Å². The average Bonchev–Trinajstić information content (AvgIpc) is 2.25. The number of rotatable bonds is 2. The molecule has 3 nitrogen and oxygen atoms in total. The Bertz CT molecular complexity index is 563. The maximum atomic E-state index is 13.4. The second-order valence-corrected chi connectivity index (χ2v) is 3.66. The second kappa shape index (κ2) is 4.26. The molecule has 1 heterocycles. The molecule has 0 aliphatic heterocycles. The molecule has 1 aromatic carbocycles. The van der Waals surface area contributed by atoms with E-state index in [2.05, 4.69) is 9.97 Å². The number of aromatic nitrogens is 2. The van der Waals surface area contributed by atoms with Gasteiger partial charge in [-0.05, 0) is 12.5 Å². The molecule has 0 amide bonds. The van der Waals surface area contributed by atoms with Crippen LogP contribution in [0.2, 0.25) is 0 Å². The highest BCUT2D eigenvalue weighted by Crippen LogP contribution is 2.09. The molecule has 0 atom stereocenters. The third-order valence-electron chi connectivity index (χ3n) is 2.32. The van der Waals surface area contributed by atoms with E-state index in [1.54, 1.807) is 0 Å². The molecule has 0 aliphatic rings. The summed E-state index contributed by atoms with van der Waals surface area (Å²) in [6, 6.07) is 7.69. The Morgan fingerprint density at radius 2 is 2.25 bits per heavy atom. The van der Waals surface area contributed by atoms with E-state index in [-0.39, 0.29) is 5.69 Å². The first-order valence-corrected chi connectivity index (χ1v) is 4.94. The van der Waals surface area contributed by atoms with Gasteiger partial charge in [-0.2, -0.15) is 4.39 Å². The van der Waals surface area contributed by atoms with Crippen LogP contribution < -0.4 is 5.56 Å². The Hall–Kier alpha value is -1.97. The molecule has 0 unspecified atom stereocenters. The van der Waals surface area contributed by atoms with Gasteiger partial charge in [0.1, 0.15) is 0 Å². The van der Waals surface area contributed by atoms with E-state index in [1.165, 1.54) is 6.33 Å². The molecule has 1 N–H and O–H groups in total. The Kier molecular flexibility index (Phi) is 2.81. The van der Waals surface area contributed by atoms with E-state index in [0.29, 0.717) is 6.42 Å². The van der Waals surface area contributed by atoms with Crippen molar-refractivity contribution >= 4 is 0 Å². The molecule has 0 bridgehead atoms. The van der Waals surface area contributed by atoms with Crippen LogP contribution in [0.15, 0.2) is 35.4 Å². The predicted octanol–water partition coefficient (Wildman–Crippen LogP) is 1.81. The third-order valence-corrected chi connectivity index (χ3v) is 2.32. The molecule has 2 rings (SSSR count). The summed E-state index contributed by atoms with van der Waals surface area (Å²) in [6.07, 6.45) is 1.55. The molecule has 2 aromatic rings. The SMILES string of the molecule is Cc1cccc(Cc2nc[nH]c(=O)c2F)c1. The minimum atomic E-state index is -0.802. The van der Waals surface area contributed by atoms with Crippen molar-refractivity contribution in [3.63, 3.8) is 0 Å². The van der Waals surface area contributed by atoms with Crippen LogP contribution >= 0.6 is 0 Å². The van der Waals surface area contributed by atoms with E-state index >= 15 is 0 Å². The molecule has 16 heavy (non-hydrogen) atoms. The smallest absolute Gasteiger partial charge is 0.287 e. The maximum Gasteiger partial charge on any atom is 0.287 e. The van der Waals surface area contributed by atoms with Crippen molar-refractivity contribution < 1.29 is 4.39 Å². The first-order chi connectivity index (χ1) is 7.66. The Balaban J connectivity index is 2.34. The van der Waals surface area contributed by atoms with Crippen molar-refractivity contribution in [3.05, 3.63) is 63.6 Å². The minimum Gasteiger partial charge on any atom is -0.311 e. The summed E-state index contributed by atoms with van der Waals surface area (Å²) in [5.74, 6) is -0.802. The van der Waals surface area contributed by atoms with E-state index in [1.807, 2.05) is 31.2 Å². The second-order valence-electron chi connectivity index (χ2n) is 3.66. The molecule has 4 heteroatoms. The Labute approximate surface area is 92.0 Å². The van der Waals surface area contributed by atoms with Crippen molar-refractivity contribution in [3.8, 4) is 0 Å². The van der Waals surface area contributed by atoms with Gasteiger partial charge in [-0.1, -0.05) is 29.8 Å². The van der Waals surface area contributed by atoms with Gasteiger partial charge in [0, 0.05) is 6.42 Å². The van der Waals surface area contributed by atoms with Gasteiger partial charge in [0.05, 0.1) is 12.0 Å². The van der Waals surface area contributed by atoms with E-state index in [9.17, 15) is 9.18 Å². The number of hydrogen-bond donors (Lipinski definition) is 1. The maximum absolute atomic E-state index is 13.4. The number of benzene rings is 1. The molecule has 82 valence electrons. The number of hydrogen-bond acceptors (Lipinski definition) is 2. The lowest BCUT2D eigenvalue weighted by Crippen LogP contribution is -2.15. The van der Waals surface area contributed by atoms with Gasteiger partial charge in [-0.25, -0.2) is 4.98 Å². The lowest BCUT2D eigenvalue weighted by atomic mass is 10.1. The van der Waals surface area contributed by atoms with Crippen LogP contribution in [-0.2, 0) is 6.42 Å². The summed E-state index contributed by atoms with van der Waals surface area (Å²) < 4.78 is 13.4. The van der Waals surface area contributed by atoms with Crippen molar-refractivity contribution in [2.75, 3.05) is 0 Å². The van der Waals surface area contributed by atoms with Gasteiger partial charge in [0.2, 0.25) is 5.82 Å². The van der Waals surface area contributed by atoms with Gasteiger partial charge >= 0.3 is 0 Å². The zero-order valence-corrected chi connectivity index (χ0v) is 8.83. The van der Waals surface area contributed by atoms with Crippen LogP contribution in [0.1, 0.15) is 16.8 Å². The molecule has 0 spiro atoms. The fourth-order valence-electron chi connectivity index (χ4n) is 1.56. The predicted molar refractivity (Wildman–Crippen MR) is 58.8 cm³/mol. The Morgan fingerprint density at radius 3 is 3.00 bits per heavy atom. The lowest BCUT2D eigenvalue weighted by Gasteiger charge is -2.02. The fraction of sp³-hybridized carbons (Fsp3) is 0.167. The highest BCUT2D eigenvalue weighted by Gasteiger charge is 2.08. The van der Waals surface area contributed by atoms with Gasteiger partial charge in [-0.15, -0.1) is 0 Å². The standard InChI is InChI=1S/C12H11FN2O/c1-8-3-2-4-9(5-8)6-10-11(13)12(16)15-7-14-10/h2-5,7H,6H2,1H3,(H,14,15,16). The van der Waals surface area contributed by atoms with Gasteiger partial charge in [0.25, 0.3) is 5.56 Å². The van der Waals surface area contributed by atoms with Gasteiger partial charge in [-0.3, -0.25) is 4.79 Å². The summed E-state index contributed by atoms with van der Waals surface area (Å²) in [5.41, 5.74) is 1.49. The molecular formula is C12H11FN2O. The molecule has 0 fully saturated rings. The number of H-pyrrole nitrogens is 1. The first kappa shape index (κ1) is 10.5. The molecule has 0 aliphatic carbocycles. The molecule has 0 saturated carbocycles. The van der Waals surface area contributed by atoms with Crippen molar-refractivity contribution in [2.45, 2.75) is 13.3 Å². The van der Waals surface area contributed by atoms with Gasteiger partial charge in [0.15, 0.2) is 0 Å². The molecule has 1 aromatic heterocycles. The lowest BCUT2D eigenvalue weighted by molar-refractivity contribution is 0.582. The highest BCUT2D eigenvalue weighted by atomic mass is 19.1. The minimum absolute atomic E-state index is 0.175. The summed E-state index contributed by atoms with van der Waals surface area (Å²) in [6.45, 7) is 1.96. The number of aromatic amines is 1. The quantitative estimate of drug-likeness (QED) is 0.835. The zero-order chi connectivity index (χ0) is 11.5. The van der Waals surface area contributed by atoms with Gasteiger partial charge < -0.3 is 4.98 Å².